The first kappa shape index (κ1) is 12.6. The van der Waals surface area contributed by atoms with E-state index in [1.165, 1.54) is 12.1 Å². The van der Waals surface area contributed by atoms with Crippen LogP contribution in [-0.4, -0.2) is 30.0 Å². The van der Waals surface area contributed by atoms with Crippen molar-refractivity contribution in [2.45, 2.75) is 25.3 Å². The summed E-state index contributed by atoms with van der Waals surface area (Å²) < 4.78 is 4.85. The van der Waals surface area contributed by atoms with Gasteiger partial charge in [0.25, 0.3) is 5.91 Å². The zero-order valence-electron chi connectivity index (χ0n) is 9.85. The van der Waals surface area contributed by atoms with Gasteiger partial charge in [0.15, 0.2) is 5.76 Å². The summed E-state index contributed by atoms with van der Waals surface area (Å²) in [5, 5.41) is 16.5. The van der Waals surface area contributed by atoms with Crippen molar-refractivity contribution in [2.75, 3.05) is 13.1 Å². The Labute approximate surface area is 104 Å². The lowest BCUT2D eigenvalue weighted by Crippen LogP contribution is -2.35. The highest BCUT2D eigenvalue weighted by Crippen LogP contribution is 2.16. The van der Waals surface area contributed by atoms with Crippen molar-refractivity contribution in [2.24, 2.45) is 0 Å². The van der Waals surface area contributed by atoms with Crippen LogP contribution in [0, 0.1) is 10.1 Å². The van der Waals surface area contributed by atoms with E-state index in [2.05, 4.69) is 10.6 Å². The highest BCUT2D eigenvalue weighted by Gasteiger charge is 2.20. The van der Waals surface area contributed by atoms with E-state index >= 15 is 0 Å². The van der Waals surface area contributed by atoms with Gasteiger partial charge in [0.1, 0.15) is 4.92 Å². The highest BCUT2D eigenvalue weighted by molar-refractivity contribution is 5.91. The van der Waals surface area contributed by atoms with Crippen LogP contribution in [0.15, 0.2) is 16.5 Å². The lowest BCUT2D eigenvalue weighted by molar-refractivity contribution is -0.402. The number of furan rings is 1. The van der Waals surface area contributed by atoms with Crippen LogP contribution in [0.2, 0.25) is 0 Å². The number of nitro groups is 1. The zero-order valence-corrected chi connectivity index (χ0v) is 9.85. The summed E-state index contributed by atoms with van der Waals surface area (Å²) in [6.07, 6.45) is 2.76. The molecule has 1 amide bonds. The van der Waals surface area contributed by atoms with Crippen molar-refractivity contribution >= 4 is 11.8 Å². The molecule has 7 heteroatoms. The monoisotopic (exact) mass is 253 g/mol. The highest BCUT2D eigenvalue weighted by atomic mass is 16.6. The Hall–Kier alpha value is -1.89. The van der Waals surface area contributed by atoms with Crippen molar-refractivity contribution in [1.82, 2.24) is 10.6 Å². The van der Waals surface area contributed by atoms with Gasteiger partial charge in [0.2, 0.25) is 0 Å². The summed E-state index contributed by atoms with van der Waals surface area (Å²) in [6, 6.07) is 2.60. The largest absolute Gasteiger partial charge is 0.433 e. The summed E-state index contributed by atoms with van der Waals surface area (Å²) in [4.78, 5) is 21.6. The number of carbonyl (C=O) groups is 1. The molecule has 7 nitrogen and oxygen atoms in total. The lowest BCUT2D eigenvalue weighted by atomic mass is 10.1. The van der Waals surface area contributed by atoms with E-state index in [4.69, 9.17) is 4.42 Å². The fourth-order valence-corrected chi connectivity index (χ4v) is 1.97. The Balaban J connectivity index is 1.95. The smallest absolute Gasteiger partial charge is 0.395 e. The standard InChI is InChI=1S/C11H15N3O4/c15-11(9-3-4-10(18-9)14(16)17)13-8-2-1-6-12-7-5-8/h3-4,8,12H,1-2,5-7H2,(H,13,15). The van der Waals surface area contributed by atoms with Gasteiger partial charge in [-0.1, -0.05) is 0 Å². The molecule has 1 saturated heterocycles. The molecule has 1 fully saturated rings. The second-order valence-electron chi connectivity index (χ2n) is 4.25. The molecule has 0 radical (unpaired) electrons. The van der Waals surface area contributed by atoms with Crippen LogP contribution in [0.3, 0.4) is 0 Å². The Bertz CT molecular complexity index is 435. The topological polar surface area (TPSA) is 97.4 Å². The third-order valence-electron chi connectivity index (χ3n) is 2.91. The van der Waals surface area contributed by atoms with E-state index in [0.717, 1.165) is 32.4 Å². The van der Waals surface area contributed by atoms with E-state index < -0.39 is 16.7 Å². The van der Waals surface area contributed by atoms with Crippen LogP contribution in [0.1, 0.15) is 29.8 Å². The van der Waals surface area contributed by atoms with E-state index in [1.54, 1.807) is 0 Å². The van der Waals surface area contributed by atoms with Crippen LogP contribution in [-0.2, 0) is 0 Å². The Kier molecular flexibility index (Phi) is 3.93. The van der Waals surface area contributed by atoms with Crippen molar-refractivity contribution in [3.63, 3.8) is 0 Å². The molecule has 18 heavy (non-hydrogen) atoms. The molecule has 0 aromatic carbocycles. The molecule has 0 spiro atoms. The van der Waals surface area contributed by atoms with E-state index in [0.29, 0.717) is 0 Å². The SMILES string of the molecule is O=C(NC1CCCNCC1)c1ccc([N+](=O)[O-])o1. The van der Waals surface area contributed by atoms with E-state index in [-0.39, 0.29) is 11.8 Å². The Morgan fingerprint density at radius 1 is 1.44 bits per heavy atom. The molecule has 1 atom stereocenters. The minimum absolute atomic E-state index is 0.0149. The van der Waals surface area contributed by atoms with Gasteiger partial charge < -0.3 is 15.1 Å². The molecule has 1 unspecified atom stereocenters. The maximum atomic E-state index is 11.8. The summed E-state index contributed by atoms with van der Waals surface area (Å²) >= 11 is 0. The second kappa shape index (κ2) is 5.63. The molecule has 2 N–H and O–H groups in total. The zero-order chi connectivity index (χ0) is 13.0. The molecule has 1 aromatic heterocycles. The van der Waals surface area contributed by atoms with Gasteiger partial charge in [-0.05, 0) is 38.4 Å². The fraction of sp³-hybridized carbons (Fsp3) is 0.545. The fourth-order valence-electron chi connectivity index (χ4n) is 1.97. The van der Waals surface area contributed by atoms with Gasteiger partial charge in [-0.2, -0.15) is 0 Å². The van der Waals surface area contributed by atoms with Crippen molar-refractivity contribution < 1.29 is 14.1 Å². The minimum atomic E-state index is -0.660. The van der Waals surface area contributed by atoms with Crippen molar-refractivity contribution in [3.05, 3.63) is 28.0 Å². The first-order chi connectivity index (χ1) is 8.66. The first-order valence-electron chi connectivity index (χ1n) is 5.92. The maximum absolute atomic E-state index is 11.8. The number of hydrogen-bond donors (Lipinski definition) is 2. The van der Waals surface area contributed by atoms with Gasteiger partial charge in [-0.15, -0.1) is 0 Å². The van der Waals surface area contributed by atoms with Crippen LogP contribution in [0.5, 0.6) is 0 Å². The number of rotatable bonds is 3. The van der Waals surface area contributed by atoms with Crippen LogP contribution in [0.25, 0.3) is 0 Å². The third-order valence-corrected chi connectivity index (χ3v) is 2.91. The molecule has 1 aromatic rings. The summed E-state index contributed by atoms with van der Waals surface area (Å²) in [7, 11) is 0. The number of nitrogens with one attached hydrogen (secondary N) is 2. The molecular weight excluding hydrogens is 238 g/mol. The van der Waals surface area contributed by atoms with Gasteiger partial charge in [0.05, 0.1) is 6.07 Å². The molecule has 1 aliphatic rings. The summed E-state index contributed by atoms with van der Waals surface area (Å²) in [5.41, 5.74) is 0. The lowest BCUT2D eigenvalue weighted by Gasteiger charge is -2.14. The second-order valence-corrected chi connectivity index (χ2v) is 4.25. The van der Waals surface area contributed by atoms with Crippen molar-refractivity contribution in [1.29, 1.82) is 0 Å². The molecule has 1 aliphatic heterocycles. The average Bonchev–Trinajstić information content (AvgIpc) is 2.70. The molecule has 2 heterocycles. The predicted octanol–water partition coefficient (Wildman–Crippen LogP) is 1.06. The minimum Gasteiger partial charge on any atom is -0.395 e. The van der Waals surface area contributed by atoms with E-state index in [1.807, 2.05) is 0 Å². The van der Waals surface area contributed by atoms with Crippen molar-refractivity contribution in [3.8, 4) is 0 Å². The molecule has 0 aliphatic carbocycles. The quantitative estimate of drug-likeness (QED) is 0.620. The average molecular weight is 253 g/mol. The van der Waals surface area contributed by atoms with Crippen LogP contribution in [0.4, 0.5) is 5.88 Å². The third kappa shape index (κ3) is 3.07. The van der Waals surface area contributed by atoms with Gasteiger partial charge in [0, 0.05) is 6.04 Å². The molecular formula is C11H15N3O4. The van der Waals surface area contributed by atoms with Crippen LogP contribution < -0.4 is 10.6 Å². The molecule has 0 bridgehead atoms. The number of carbonyl (C=O) groups excluding carboxylic acids is 1. The summed E-state index contributed by atoms with van der Waals surface area (Å²) in [5.74, 6) is -0.823. The number of amides is 1. The molecule has 98 valence electrons. The molecule has 2 rings (SSSR count). The summed E-state index contributed by atoms with van der Waals surface area (Å²) in [6.45, 7) is 1.82. The van der Waals surface area contributed by atoms with E-state index in [9.17, 15) is 14.9 Å². The molecule has 0 saturated carbocycles. The maximum Gasteiger partial charge on any atom is 0.433 e. The van der Waals surface area contributed by atoms with Crippen LogP contribution >= 0.6 is 0 Å². The Morgan fingerprint density at radius 2 is 2.28 bits per heavy atom. The van der Waals surface area contributed by atoms with Gasteiger partial charge in [-0.25, -0.2) is 0 Å². The first-order valence-corrected chi connectivity index (χ1v) is 5.92. The van der Waals surface area contributed by atoms with Gasteiger partial charge >= 0.3 is 5.88 Å². The van der Waals surface area contributed by atoms with Gasteiger partial charge in [-0.3, -0.25) is 14.9 Å². The number of hydrogen-bond acceptors (Lipinski definition) is 5. The predicted molar refractivity (Wildman–Crippen MR) is 63.3 cm³/mol. The normalized spacial score (nSPS) is 20.1. The number of nitrogens with zero attached hydrogens (tertiary/aromatic N) is 1. The Morgan fingerprint density at radius 3 is 3.00 bits per heavy atom.